The Bertz CT molecular complexity index is 1230. The molecule has 0 amide bonds. The molecule has 154 valence electrons. The predicted molar refractivity (Wildman–Crippen MR) is 124 cm³/mol. The molecule has 7 heteroatoms. The zero-order valence-electron chi connectivity index (χ0n) is 17.1. The maximum atomic E-state index is 12.8. The van der Waals surface area contributed by atoms with E-state index in [-0.39, 0.29) is 5.56 Å². The number of fused-ring (bicyclic) bond motifs is 2. The Morgan fingerprint density at radius 2 is 2.03 bits per heavy atom. The van der Waals surface area contributed by atoms with Crippen molar-refractivity contribution in [3.05, 3.63) is 50.8 Å². The molecule has 1 fully saturated rings. The first kappa shape index (κ1) is 19.2. The Kier molecular flexibility index (Phi) is 4.98. The van der Waals surface area contributed by atoms with Gasteiger partial charge in [-0.05, 0) is 31.4 Å². The van der Waals surface area contributed by atoms with Crippen molar-refractivity contribution < 1.29 is 0 Å². The van der Waals surface area contributed by atoms with Crippen molar-refractivity contribution in [2.75, 3.05) is 5.73 Å². The van der Waals surface area contributed by atoms with Gasteiger partial charge in [-0.2, -0.15) is 14.6 Å². The average molecular weight is 420 g/mol. The lowest BCUT2D eigenvalue weighted by Crippen LogP contribution is -2.17. The van der Waals surface area contributed by atoms with E-state index in [0.29, 0.717) is 16.3 Å². The van der Waals surface area contributed by atoms with Gasteiger partial charge in [0, 0.05) is 23.3 Å². The van der Waals surface area contributed by atoms with E-state index >= 15 is 0 Å². The molecule has 1 aromatic carbocycles. The minimum Gasteiger partial charge on any atom is -0.383 e. The highest BCUT2D eigenvalue weighted by atomic mass is 32.1. The Balaban J connectivity index is 1.48. The summed E-state index contributed by atoms with van der Waals surface area (Å²) in [5.41, 5.74) is 10.1. The van der Waals surface area contributed by atoms with Gasteiger partial charge in [0.1, 0.15) is 10.8 Å². The fraction of sp³-hybridized carbons (Fsp3) is 0.391. The number of nitrogens with zero attached hydrogens (tertiary/aromatic N) is 4. The molecule has 0 saturated heterocycles. The van der Waals surface area contributed by atoms with Gasteiger partial charge >= 0.3 is 0 Å². The summed E-state index contributed by atoms with van der Waals surface area (Å²) in [6.45, 7) is 1.94. The second-order valence-corrected chi connectivity index (χ2v) is 9.26. The van der Waals surface area contributed by atoms with Crippen molar-refractivity contribution in [3.63, 3.8) is 0 Å². The quantitative estimate of drug-likeness (QED) is 0.652. The highest BCUT2D eigenvalue weighted by Gasteiger charge is 2.20. The van der Waals surface area contributed by atoms with Gasteiger partial charge in [-0.3, -0.25) is 9.79 Å². The first-order valence-corrected chi connectivity index (χ1v) is 11.5. The van der Waals surface area contributed by atoms with Gasteiger partial charge in [-0.15, -0.1) is 0 Å². The standard InChI is InChI=1S/C23H25N5OS/c1-14-17(16-9-5-6-10-19(16)25-14)13-18-21(24)28-23(26-22(18)29)30-20(27-28)12-11-15-7-3-2-4-8-15/h5-6,9-10,13,15H,2-4,7-8,11-12,24H2,1H3. The third kappa shape index (κ3) is 3.47. The number of anilines is 1. The van der Waals surface area contributed by atoms with Crippen molar-refractivity contribution >= 4 is 45.2 Å². The van der Waals surface area contributed by atoms with Crippen molar-refractivity contribution in [2.45, 2.75) is 51.9 Å². The summed E-state index contributed by atoms with van der Waals surface area (Å²) in [5.74, 6) is 1.14. The number of rotatable bonds is 4. The molecule has 3 heterocycles. The van der Waals surface area contributed by atoms with E-state index in [1.807, 2.05) is 37.3 Å². The molecule has 6 nitrogen and oxygen atoms in total. The molecular formula is C23H25N5OS. The molecule has 0 bridgehead atoms. The van der Waals surface area contributed by atoms with Crippen LogP contribution in [-0.2, 0) is 6.42 Å². The van der Waals surface area contributed by atoms with Crippen molar-refractivity contribution in [3.8, 4) is 0 Å². The van der Waals surface area contributed by atoms with Gasteiger partial charge in [0.2, 0.25) is 4.96 Å². The molecule has 2 aliphatic rings. The first-order chi connectivity index (χ1) is 14.6. The van der Waals surface area contributed by atoms with E-state index < -0.39 is 0 Å². The third-order valence-electron chi connectivity index (χ3n) is 6.19. The minimum absolute atomic E-state index is 0.320. The second-order valence-electron chi connectivity index (χ2n) is 8.22. The summed E-state index contributed by atoms with van der Waals surface area (Å²) in [7, 11) is 0. The number of hydrogen-bond donors (Lipinski definition) is 1. The molecule has 1 aliphatic carbocycles. The normalized spacial score (nSPS) is 18.2. The van der Waals surface area contributed by atoms with Crippen LogP contribution in [0.15, 0.2) is 34.1 Å². The van der Waals surface area contributed by atoms with Crippen LogP contribution in [0.1, 0.15) is 61.6 Å². The second kappa shape index (κ2) is 7.80. The Morgan fingerprint density at radius 1 is 1.23 bits per heavy atom. The molecule has 1 saturated carbocycles. The van der Waals surface area contributed by atoms with Crippen LogP contribution in [0.5, 0.6) is 0 Å². The van der Waals surface area contributed by atoms with Crippen molar-refractivity contribution in [2.24, 2.45) is 10.9 Å². The Morgan fingerprint density at radius 3 is 2.87 bits per heavy atom. The van der Waals surface area contributed by atoms with Crippen LogP contribution in [0, 0.1) is 5.92 Å². The minimum atomic E-state index is -0.320. The largest absolute Gasteiger partial charge is 0.383 e. The first-order valence-electron chi connectivity index (χ1n) is 10.6. The number of nitrogen functional groups attached to an aromatic ring is 1. The zero-order valence-corrected chi connectivity index (χ0v) is 17.9. The number of allylic oxidation sites excluding steroid dienone is 1. The molecular weight excluding hydrogens is 394 g/mol. The number of nitrogens with two attached hydrogens (primary N) is 1. The number of aliphatic imine (C=N–C) groups is 1. The molecule has 0 radical (unpaired) electrons. The van der Waals surface area contributed by atoms with Crippen LogP contribution >= 0.6 is 11.3 Å². The smallest absolute Gasteiger partial charge is 0.283 e. The number of aryl methyl sites for hydroxylation is 1. The lowest BCUT2D eigenvalue weighted by atomic mass is 9.86. The van der Waals surface area contributed by atoms with Crippen LogP contribution < -0.4 is 11.3 Å². The van der Waals surface area contributed by atoms with Gasteiger partial charge in [0.05, 0.1) is 11.3 Å². The maximum absolute atomic E-state index is 12.8. The summed E-state index contributed by atoms with van der Waals surface area (Å²) in [6, 6.07) is 7.90. The van der Waals surface area contributed by atoms with E-state index in [0.717, 1.165) is 46.3 Å². The third-order valence-corrected chi connectivity index (χ3v) is 7.15. The average Bonchev–Trinajstić information content (AvgIpc) is 3.30. The van der Waals surface area contributed by atoms with Crippen molar-refractivity contribution in [1.29, 1.82) is 0 Å². The summed E-state index contributed by atoms with van der Waals surface area (Å²) in [6.07, 6.45) is 10.6. The fourth-order valence-corrected chi connectivity index (χ4v) is 5.43. The molecule has 2 aromatic heterocycles. The predicted octanol–water partition coefficient (Wildman–Crippen LogP) is 4.89. The van der Waals surface area contributed by atoms with Crippen LogP contribution in [-0.4, -0.2) is 20.3 Å². The fourth-order valence-electron chi connectivity index (χ4n) is 4.52. The van der Waals surface area contributed by atoms with E-state index in [2.05, 4.69) is 15.1 Å². The van der Waals surface area contributed by atoms with Crippen LogP contribution in [0.2, 0.25) is 0 Å². The van der Waals surface area contributed by atoms with Gasteiger partial charge in [0.15, 0.2) is 0 Å². The summed E-state index contributed by atoms with van der Waals surface area (Å²) in [5, 5.41) is 5.68. The molecule has 3 aromatic rings. The van der Waals surface area contributed by atoms with Crippen LogP contribution in [0.3, 0.4) is 0 Å². The van der Waals surface area contributed by atoms with E-state index in [9.17, 15) is 4.79 Å². The van der Waals surface area contributed by atoms with Crippen molar-refractivity contribution in [1.82, 2.24) is 14.6 Å². The zero-order chi connectivity index (χ0) is 20.7. The molecule has 0 atom stereocenters. The lowest BCUT2D eigenvalue weighted by molar-refractivity contribution is 0.339. The molecule has 0 spiro atoms. The van der Waals surface area contributed by atoms with Crippen LogP contribution in [0.4, 0.5) is 11.5 Å². The lowest BCUT2D eigenvalue weighted by Gasteiger charge is -2.20. The van der Waals surface area contributed by atoms with Gasteiger partial charge in [0.25, 0.3) is 5.56 Å². The van der Waals surface area contributed by atoms with E-state index in [1.165, 1.54) is 43.4 Å². The number of aromatic nitrogens is 3. The SMILES string of the molecule is CC1=Nc2ccccc2C1=Cc1c(N)n2nc(CCC3CCCCC3)sc2nc1=O. The summed E-state index contributed by atoms with van der Waals surface area (Å²) < 4.78 is 1.63. The molecule has 5 rings (SSSR count). The Hall–Kier alpha value is -2.80. The molecule has 2 N–H and O–H groups in total. The summed E-state index contributed by atoms with van der Waals surface area (Å²) >= 11 is 1.47. The molecule has 1 aliphatic heterocycles. The van der Waals surface area contributed by atoms with Gasteiger partial charge < -0.3 is 5.73 Å². The number of benzene rings is 1. The summed E-state index contributed by atoms with van der Waals surface area (Å²) in [4.78, 5) is 22.2. The highest BCUT2D eigenvalue weighted by molar-refractivity contribution is 7.16. The van der Waals surface area contributed by atoms with Gasteiger partial charge in [-0.1, -0.05) is 61.6 Å². The van der Waals surface area contributed by atoms with Gasteiger partial charge in [-0.25, -0.2) is 0 Å². The van der Waals surface area contributed by atoms with E-state index in [4.69, 9.17) is 5.73 Å². The monoisotopic (exact) mass is 419 g/mol. The maximum Gasteiger partial charge on any atom is 0.283 e. The Labute approximate surface area is 179 Å². The number of para-hydroxylation sites is 1. The molecule has 0 unspecified atom stereocenters. The highest BCUT2D eigenvalue weighted by Crippen LogP contribution is 2.36. The number of hydrogen-bond acceptors (Lipinski definition) is 6. The van der Waals surface area contributed by atoms with E-state index in [1.54, 1.807) is 4.52 Å². The molecule has 30 heavy (non-hydrogen) atoms. The topological polar surface area (TPSA) is 85.6 Å². The van der Waals surface area contributed by atoms with Crippen LogP contribution in [0.25, 0.3) is 16.6 Å².